The summed E-state index contributed by atoms with van der Waals surface area (Å²) in [4.78, 5) is 21.3. The lowest BCUT2D eigenvalue weighted by atomic mass is 10.2. The van der Waals surface area contributed by atoms with Crippen molar-refractivity contribution in [3.8, 4) is 0 Å². The highest BCUT2D eigenvalue weighted by Crippen LogP contribution is 2.07. The molecular formula is C17H26NO5P. The van der Waals surface area contributed by atoms with Crippen molar-refractivity contribution in [3.05, 3.63) is 47.7 Å². The van der Waals surface area contributed by atoms with Crippen molar-refractivity contribution < 1.29 is 24.2 Å². The lowest BCUT2D eigenvalue weighted by Gasteiger charge is -2.07. The number of alkyl carbamates (subject to hydrolysis) is 1. The summed E-state index contributed by atoms with van der Waals surface area (Å²) in [7, 11) is 0.470. The molecule has 7 heteroatoms. The van der Waals surface area contributed by atoms with Crippen molar-refractivity contribution in [1.29, 1.82) is 0 Å². The molecule has 1 aromatic carbocycles. The first kappa shape index (κ1) is 22.1. The number of aliphatic hydroxyl groups excluding tert-OH is 1. The normalized spacial score (nSPS) is 10.8. The maximum Gasteiger partial charge on any atom is 0.411 e. The summed E-state index contributed by atoms with van der Waals surface area (Å²) in [5.74, 6) is -0.211. The third-order valence-corrected chi connectivity index (χ3v) is 3.24. The smallest absolute Gasteiger partial charge is 0.411 e. The van der Waals surface area contributed by atoms with E-state index in [9.17, 15) is 9.59 Å². The van der Waals surface area contributed by atoms with E-state index in [4.69, 9.17) is 9.84 Å². The first-order valence-corrected chi connectivity index (χ1v) is 9.00. The largest absolute Gasteiger partial charge is 0.466 e. The molecule has 1 amide bonds. The average Bonchev–Trinajstić information content (AvgIpc) is 2.54. The van der Waals surface area contributed by atoms with Gasteiger partial charge in [-0.3, -0.25) is 10.1 Å². The van der Waals surface area contributed by atoms with Crippen LogP contribution in [-0.2, 0) is 20.9 Å². The summed E-state index contributed by atoms with van der Waals surface area (Å²) >= 11 is 0. The highest BCUT2D eigenvalue weighted by Gasteiger charge is 2.02. The molecule has 0 aliphatic rings. The summed E-state index contributed by atoms with van der Waals surface area (Å²) in [6.45, 7) is 5.71. The standard InChI is InChI=1S/C13H18NO3P.C4H8O2/c1-11(7-8-18-10-15)14-13(16)17-9-12-5-3-2-4-6-12;1-3-6-4(2)5/h2-7,15,18H,8-10H2,1H3,(H,14,16);3H2,1-2H3/b11-7-;. The fourth-order valence-corrected chi connectivity index (χ4v) is 2.04. The van der Waals surface area contributed by atoms with Crippen LogP contribution in [0.2, 0.25) is 0 Å². The number of esters is 1. The van der Waals surface area contributed by atoms with Crippen LogP contribution >= 0.6 is 8.58 Å². The quantitative estimate of drug-likeness (QED) is 0.446. The predicted molar refractivity (Wildman–Crippen MR) is 96.1 cm³/mol. The molecule has 1 aromatic rings. The lowest BCUT2D eigenvalue weighted by Crippen LogP contribution is -2.22. The summed E-state index contributed by atoms with van der Waals surface area (Å²) in [6, 6.07) is 9.52. The first-order chi connectivity index (χ1) is 11.5. The van der Waals surface area contributed by atoms with Gasteiger partial charge < -0.3 is 14.6 Å². The number of amides is 1. The molecule has 24 heavy (non-hydrogen) atoms. The second kappa shape index (κ2) is 14.7. The van der Waals surface area contributed by atoms with Crippen LogP contribution in [0.5, 0.6) is 0 Å². The third kappa shape index (κ3) is 13.7. The van der Waals surface area contributed by atoms with Crippen molar-refractivity contribution in [2.45, 2.75) is 27.4 Å². The van der Waals surface area contributed by atoms with Gasteiger partial charge in [0.25, 0.3) is 0 Å². The van der Waals surface area contributed by atoms with E-state index in [1.807, 2.05) is 36.4 Å². The van der Waals surface area contributed by atoms with Gasteiger partial charge in [-0.25, -0.2) is 4.79 Å². The van der Waals surface area contributed by atoms with Crippen LogP contribution in [-0.4, -0.2) is 36.3 Å². The molecule has 1 atom stereocenters. The van der Waals surface area contributed by atoms with E-state index >= 15 is 0 Å². The fraction of sp³-hybridized carbons (Fsp3) is 0.412. The highest BCUT2D eigenvalue weighted by atomic mass is 31.1. The fourth-order valence-electron chi connectivity index (χ4n) is 1.46. The molecule has 0 saturated carbocycles. The number of benzene rings is 1. The summed E-state index contributed by atoms with van der Waals surface area (Å²) in [5, 5.41) is 11.3. The second-order valence-corrected chi connectivity index (χ2v) is 5.84. The Morgan fingerprint density at radius 3 is 2.38 bits per heavy atom. The molecular weight excluding hydrogens is 329 g/mol. The summed E-state index contributed by atoms with van der Waals surface area (Å²) in [5.41, 5.74) is 1.70. The van der Waals surface area contributed by atoms with Gasteiger partial charge in [0.05, 0.1) is 13.0 Å². The molecule has 0 heterocycles. The van der Waals surface area contributed by atoms with E-state index < -0.39 is 6.09 Å². The number of ether oxygens (including phenoxy) is 2. The number of rotatable bonds is 7. The van der Waals surface area contributed by atoms with E-state index in [2.05, 4.69) is 10.1 Å². The minimum atomic E-state index is -0.458. The summed E-state index contributed by atoms with van der Waals surface area (Å²) < 4.78 is 9.47. The van der Waals surface area contributed by atoms with Gasteiger partial charge in [-0.05, 0) is 25.6 Å². The number of hydrogen-bond donors (Lipinski definition) is 2. The van der Waals surface area contributed by atoms with Gasteiger partial charge in [-0.1, -0.05) is 45.0 Å². The number of hydrogen-bond acceptors (Lipinski definition) is 5. The zero-order chi connectivity index (χ0) is 18.2. The molecule has 0 radical (unpaired) electrons. The molecule has 0 fully saturated rings. The van der Waals surface area contributed by atoms with Crippen LogP contribution in [0.1, 0.15) is 26.3 Å². The van der Waals surface area contributed by atoms with Crippen molar-refractivity contribution in [1.82, 2.24) is 5.32 Å². The van der Waals surface area contributed by atoms with Crippen molar-refractivity contribution >= 4 is 20.6 Å². The Morgan fingerprint density at radius 2 is 1.88 bits per heavy atom. The van der Waals surface area contributed by atoms with Gasteiger partial charge in [0.2, 0.25) is 0 Å². The number of aliphatic hydroxyl groups is 1. The number of nitrogens with one attached hydrogen (secondary N) is 1. The zero-order valence-electron chi connectivity index (χ0n) is 14.4. The van der Waals surface area contributed by atoms with Gasteiger partial charge in [-0.2, -0.15) is 0 Å². The van der Waals surface area contributed by atoms with E-state index in [0.29, 0.717) is 15.2 Å². The minimum Gasteiger partial charge on any atom is -0.466 e. The number of carbonyl (C=O) groups is 2. The Balaban J connectivity index is 0.000000754. The first-order valence-electron chi connectivity index (χ1n) is 7.59. The Hall–Kier alpha value is -1.91. The third-order valence-electron chi connectivity index (χ3n) is 2.52. The minimum absolute atomic E-state index is 0.183. The number of allylic oxidation sites excluding steroid dienone is 2. The van der Waals surface area contributed by atoms with Gasteiger partial charge in [-0.15, -0.1) is 0 Å². The molecule has 2 N–H and O–H groups in total. The average molecular weight is 355 g/mol. The maximum absolute atomic E-state index is 11.4. The number of carbonyl (C=O) groups excluding carboxylic acids is 2. The Bertz CT molecular complexity index is 505. The van der Waals surface area contributed by atoms with Crippen LogP contribution in [0.15, 0.2) is 42.1 Å². The molecule has 0 aromatic heterocycles. The van der Waals surface area contributed by atoms with E-state index in [1.165, 1.54) is 6.92 Å². The van der Waals surface area contributed by atoms with Gasteiger partial charge in [0.15, 0.2) is 0 Å². The monoisotopic (exact) mass is 355 g/mol. The molecule has 0 saturated heterocycles. The van der Waals surface area contributed by atoms with Crippen molar-refractivity contribution in [2.75, 3.05) is 19.1 Å². The van der Waals surface area contributed by atoms with Gasteiger partial charge >= 0.3 is 12.1 Å². The molecule has 134 valence electrons. The van der Waals surface area contributed by atoms with Crippen LogP contribution in [0.25, 0.3) is 0 Å². The van der Waals surface area contributed by atoms with Gasteiger partial charge in [0, 0.05) is 12.6 Å². The summed E-state index contributed by atoms with van der Waals surface area (Å²) in [6.07, 6.45) is 2.36. The van der Waals surface area contributed by atoms with Crippen LogP contribution < -0.4 is 5.32 Å². The molecule has 0 aliphatic heterocycles. The highest BCUT2D eigenvalue weighted by molar-refractivity contribution is 7.37. The molecule has 0 bridgehead atoms. The van der Waals surface area contributed by atoms with Gasteiger partial charge in [0.1, 0.15) is 6.61 Å². The predicted octanol–water partition coefficient (Wildman–Crippen LogP) is 3.01. The molecule has 0 aliphatic carbocycles. The van der Waals surface area contributed by atoms with E-state index in [0.717, 1.165) is 17.4 Å². The lowest BCUT2D eigenvalue weighted by molar-refractivity contribution is -0.140. The van der Waals surface area contributed by atoms with E-state index in [-0.39, 0.29) is 18.9 Å². The SMILES string of the molecule is C/C(=C/CPCO)NC(=O)OCc1ccccc1.CCOC(C)=O. The molecule has 0 spiro atoms. The van der Waals surface area contributed by atoms with Crippen LogP contribution in [0, 0.1) is 0 Å². The molecule has 6 nitrogen and oxygen atoms in total. The topological polar surface area (TPSA) is 84.9 Å². The van der Waals surface area contributed by atoms with Crippen LogP contribution in [0.3, 0.4) is 0 Å². The van der Waals surface area contributed by atoms with Crippen LogP contribution in [0.4, 0.5) is 4.79 Å². The Labute approximate surface area is 145 Å². The van der Waals surface area contributed by atoms with Crippen molar-refractivity contribution in [2.24, 2.45) is 0 Å². The molecule has 1 rings (SSSR count). The maximum atomic E-state index is 11.4. The van der Waals surface area contributed by atoms with Crippen molar-refractivity contribution in [3.63, 3.8) is 0 Å². The van der Waals surface area contributed by atoms with E-state index in [1.54, 1.807) is 13.8 Å². The Morgan fingerprint density at radius 1 is 1.21 bits per heavy atom. The molecule has 1 unspecified atom stereocenters. The zero-order valence-corrected chi connectivity index (χ0v) is 15.4. The second-order valence-electron chi connectivity index (χ2n) is 4.61. The Kier molecular flexibility index (Phi) is 13.5.